The molecule has 0 atom stereocenters. The van der Waals surface area contributed by atoms with Gasteiger partial charge in [-0.25, -0.2) is 17.9 Å². The molecule has 23 heavy (non-hydrogen) atoms. The van der Waals surface area contributed by atoms with Crippen LogP contribution in [0, 0.1) is 6.92 Å². The molecule has 2 heterocycles. The van der Waals surface area contributed by atoms with Gasteiger partial charge in [0.25, 0.3) is 0 Å². The summed E-state index contributed by atoms with van der Waals surface area (Å²) in [4.78, 5) is 4.50. The Morgan fingerprint density at radius 3 is 2.43 bits per heavy atom. The van der Waals surface area contributed by atoms with E-state index in [1.807, 2.05) is 0 Å². The van der Waals surface area contributed by atoms with E-state index in [2.05, 4.69) is 10.1 Å². The Labute approximate surface area is 147 Å². The molecule has 0 N–H and O–H groups in total. The number of thioether (sulfide) groups is 1. The summed E-state index contributed by atoms with van der Waals surface area (Å²) in [6.45, 7) is 1.75. The van der Waals surface area contributed by atoms with Crippen molar-refractivity contribution in [1.82, 2.24) is 14.6 Å². The molecule has 5 nitrogen and oxygen atoms in total. The van der Waals surface area contributed by atoms with Crippen molar-refractivity contribution in [3.8, 4) is 0 Å². The zero-order chi connectivity index (χ0) is 16.8. The van der Waals surface area contributed by atoms with Crippen molar-refractivity contribution in [1.29, 1.82) is 0 Å². The van der Waals surface area contributed by atoms with Crippen LogP contribution in [0.5, 0.6) is 0 Å². The lowest BCUT2D eigenvalue weighted by Gasteiger charge is -2.05. The van der Waals surface area contributed by atoms with Crippen LogP contribution in [0.15, 0.2) is 45.1 Å². The van der Waals surface area contributed by atoms with Crippen molar-refractivity contribution in [3.05, 3.63) is 46.2 Å². The molecule has 0 saturated heterocycles. The second-order valence-electron chi connectivity index (χ2n) is 4.75. The molecule has 120 valence electrons. The van der Waals surface area contributed by atoms with Gasteiger partial charge < -0.3 is 0 Å². The lowest BCUT2D eigenvalue weighted by molar-refractivity contribution is 0.594. The van der Waals surface area contributed by atoms with Gasteiger partial charge in [0.2, 0.25) is 9.84 Å². The average molecular weight is 388 g/mol. The third-order valence-electron chi connectivity index (χ3n) is 3.19. The summed E-state index contributed by atoms with van der Waals surface area (Å²) in [5.74, 6) is 0. The number of hydrogen-bond acceptors (Lipinski definition) is 5. The molecular weight excluding hydrogens is 377 g/mol. The number of aromatic nitrogens is 3. The minimum Gasteiger partial charge on any atom is -0.233 e. The molecule has 0 aliphatic carbocycles. The molecule has 0 aliphatic heterocycles. The number of halogens is 2. The molecular formula is C14H11Cl2N3O2S2. The van der Waals surface area contributed by atoms with Crippen LogP contribution in [-0.4, -0.2) is 29.3 Å². The Bertz CT molecular complexity index is 999. The monoisotopic (exact) mass is 387 g/mol. The fraction of sp³-hybridized carbons (Fsp3) is 0.143. The predicted octanol–water partition coefficient (Wildman–Crippen LogP) is 3.90. The minimum atomic E-state index is -3.80. The minimum absolute atomic E-state index is 0.0536. The summed E-state index contributed by atoms with van der Waals surface area (Å²) in [6, 6.07) is 7.62. The van der Waals surface area contributed by atoms with Crippen LogP contribution in [0.25, 0.3) is 5.65 Å². The highest BCUT2D eigenvalue weighted by molar-refractivity contribution is 7.99. The zero-order valence-electron chi connectivity index (χ0n) is 12.1. The molecule has 0 fully saturated rings. The van der Waals surface area contributed by atoms with Gasteiger partial charge in [-0.3, -0.25) is 0 Å². The Kier molecular flexibility index (Phi) is 4.31. The maximum Gasteiger partial charge on any atom is 0.213 e. The zero-order valence-corrected chi connectivity index (χ0v) is 15.3. The summed E-state index contributed by atoms with van der Waals surface area (Å²) in [7, 11) is -3.80. The van der Waals surface area contributed by atoms with Gasteiger partial charge in [-0.05, 0) is 43.5 Å². The van der Waals surface area contributed by atoms with Crippen molar-refractivity contribution in [2.75, 3.05) is 6.26 Å². The van der Waals surface area contributed by atoms with E-state index in [0.29, 0.717) is 20.9 Å². The summed E-state index contributed by atoms with van der Waals surface area (Å²) in [5.41, 5.74) is 0.830. The van der Waals surface area contributed by atoms with Gasteiger partial charge in [0.15, 0.2) is 10.5 Å². The summed E-state index contributed by atoms with van der Waals surface area (Å²) in [6.07, 6.45) is 1.75. The second kappa shape index (κ2) is 5.98. The fourth-order valence-electron chi connectivity index (χ4n) is 2.16. The third kappa shape index (κ3) is 2.82. The lowest BCUT2D eigenvalue weighted by atomic mass is 10.4. The molecule has 0 aliphatic rings. The quantitative estimate of drug-likeness (QED) is 0.503. The van der Waals surface area contributed by atoms with Crippen molar-refractivity contribution in [2.24, 2.45) is 0 Å². The van der Waals surface area contributed by atoms with Gasteiger partial charge in [0, 0.05) is 10.7 Å². The first kappa shape index (κ1) is 16.6. The van der Waals surface area contributed by atoms with Crippen molar-refractivity contribution >= 4 is 50.4 Å². The molecule has 2 aromatic heterocycles. The van der Waals surface area contributed by atoms with E-state index in [9.17, 15) is 8.42 Å². The van der Waals surface area contributed by atoms with E-state index in [-0.39, 0.29) is 15.4 Å². The van der Waals surface area contributed by atoms with E-state index in [4.69, 9.17) is 23.2 Å². The van der Waals surface area contributed by atoms with Crippen LogP contribution in [0.4, 0.5) is 0 Å². The number of aryl methyl sites for hydroxylation is 1. The summed E-state index contributed by atoms with van der Waals surface area (Å²) in [5, 5.41) is 5.38. The molecule has 0 radical (unpaired) electrons. The first-order chi connectivity index (χ1) is 10.8. The lowest BCUT2D eigenvalue weighted by Crippen LogP contribution is -2.04. The van der Waals surface area contributed by atoms with Crippen LogP contribution >= 0.6 is 35.0 Å². The SMILES string of the molecule is CSc1nn2c(Cl)cc(C)nc2c1S(=O)(=O)c1ccc(Cl)cc1. The molecule has 0 amide bonds. The first-order valence-electron chi connectivity index (χ1n) is 6.45. The summed E-state index contributed by atoms with van der Waals surface area (Å²) >= 11 is 13.2. The topological polar surface area (TPSA) is 64.3 Å². The molecule has 3 aromatic rings. The van der Waals surface area contributed by atoms with Gasteiger partial charge in [-0.1, -0.05) is 23.2 Å². The number of hydrogen-bond donors (Lipinski definition) is 0. The largest absolute Gasteiger partial charge is 0.233 e. The van der Waals surface area contributed by atoms with E-state index >= 15 is 0 Å². The van der Waals surface area contributed by atoms with Crippen LogP contribution in [0.1, 0.15) is 5.69 Å². The maximum atomic E-state index is 13.0. The Morgan fingerprint density at radius 2 is 1.83 bits per heavy atom. The Balaban J connectivity index is 2.36. The van der Waals surface area contributed by atoms with Gasteiger partial charge in [0.05, 0.1) is 4.90 Å². The van der Waals surface area contributed by atoms with Crippen LogP contribution in [0.3, 0.4) is 0 Å². The van der Waals surface area contributed by atoms with E-state index < -0.39 is 9.84 Å². The number of fused-ring (bicyclic) bond motifs is 1. The van der Waals surface area contributed by atoms with Crippen LogP contribution < -0.4 is 0 Å². The molecule has 0 unspecified atom stereocenters. The first-order valence-corrected chi connectivity index (χ1v) is 9.91. The molecule has 3 rings (SSSR count). The average Bonchev–Trinajstić information content (AvgIpc) is 2.87. The van der Waals surface area contributed by atoms with Crippen LogP contribution in [0.2, 0.25) is 10.2 Å². The highest BCUT2D eigenvalue weighted by atomic mass is 35.5. The smallest absolute Gasteiger partial charge is 0.213 e. The van der Waals surface area contributed by atoms with Crippen LogP contribution in [-0.2, 0) is 9.84 Å². The molecule has 9 heteroatoms. The van der Waals surface area contributed by atoms with E-state index in [1.54, 1.807) is 19.2 Å². The standard InChI is InChI=1S/C14H11Cl2N3O2S2/c1-8-7-11(16)19-13(17-8)12(14(18-19)22-2)23(20,21)10-5-3-9(15)4-6-10/h3-7H,1-2H3. The maximum absolute atomic E-state index is 13.0. The van der Waals surface area contributed by atoms with Gasteiger partial charge in [-0.2, -0.15) is 5.10 Å². The van der Waals surface area contributed by atoms with E-state index in [1.165, 1.54) is 40.5 Å². The van der Waals surface area contributed by atoms with Gasteiger partial charge in [-0.15, -0.1) is 11.8 Å². The normalized spacial score (nSPS) is 12.0. The molecule has 0 spiro atoms. The number of sulfone groups is 1. The number of nitrogens with zero attached hydrogens (tertiary/aromatic N) is 3. The Morgan fingerprint density at radius 1 is 1.17 bits per heavy atom. The molecule has 0 bridgehead atoms. The molecule has 1 aromatic carbocycles. The van der Waals surface area contributed by atoms with Gasteiger partial charge >= 0.3 is 0 Å². The Hall–Kier alpha value is -1.28. The summed E-state index contributed by atoms with van der Waals surface area (Å²) < 4.78 is 27.4. The predicted molar refractivity (Wildman–Crippen MR) is 91.4 cm³/mol. The number of benzene rings is 1. The second-order valence-corrected chi connectivity index (χ2v) is 8.26. The fourth-order valence-corrected chi connectivity index (χ4v) is 4.95. The van der Waals surface area contributed by atoms with Gasteiger partial charge in [0.1, 0.15) is 10.2 Å². The van der Waals surface area contributed by atoms with Crippen molar-refractivity contribution in [3.63, 3.8) is 0 Å². The van der Waals surface area contributed by atoms with Crippen molar-refractivity contribution in [2.45, 2.75) is 21.7 Å². The third-order valence-corrected chi connectivity index (χ3v) is 6.32. The highest BCUT2D eigenvalue weighted by Crippen LogP contribution is 2.33. The number of rotatable bonds is 3. The van der Waals surface area contributed by atoms with E-state index in [0.717, 1.165) is 0 Å². The highest BCUT2D eigenvalue weighted by Gasteiger charge is 2.29. The van der Waals surface area contributed by atoms with Crippen molar-refractivity contribution < 1.29 is 8.42 Å². The molecule has 0 saturated carbocycles.